The molecule has 1 aromatic rings. The fourth-order valence-corrected chi connectivity index (χ4v) is 3.36. The van der Waals surface area contributed by atoms with Crippen molar-refractivity contribution in [1.29, 1.82) is 0 Å². The molecule has 0 amide bonds. The summed E-state index contributed by atoms with van der Waals surface area (Å²) in [4.78, 5) is 24.5. The van der Waals surface area contributed by atoms with E-state index in [1.165, 1.54) is 0 Å². The van der Waals surface area contributed by atoms with Crippen LogP contribution in [0, 0.1) is 0 Å². The van der Waals surface area contributed by atoms with Crippen LogP contribution in [0.1, 0.15) is 23.2 Å². The van der Waals surface area contributed by atoms with E-state index in [9.17, 15) is 18.0 Å². The van der Waals surface area contributed by atoms with Crippen molar-refractivity contribution in [3.63, 3.8) is 0 Å². The van der Waals surface area contributed by atoms with E-state index in [2.05, 4.69) is 4.99 Å². The number of aliphatic imine (C=N–C) groups is 1. The van der Waals surface area contributed by atoms with Gasteiger partial charge >= 0.3 is 11.9 Å². The Morgan fingerprint density at radius 2 is 1.83 bits per heavy atom. The van der Waals surface area contributed by atoms with Crippen molar-refractivity contribution >= 4 is 51.1 Å². The zero-order chi connectivity index (χ0) is 18.5. The van der Waals surface area contributed by atoms with Crippen LogP contribution < -0.4 is 10.5 Å². The number of sulfonamides is 1. The van der Waals surface area contributed by atoms with E-state index < -0.39 is 38.4 Å². The van der Waals surface area contributed by atoms with Crippen LogP contribution in [0.4, 0.5) is 0 Å². The lowest BCUT2D eigenvalue weighted by molar-refractivity contribution is -0.137. The average molecular weight is 398 g/mol. The molecule has 0 saturated carbocycles. The molecule has 1 aromatic carbocycles. The molecular weight excluding hydrogens is 385 g/mol. The van der Waals surface area contributed by atoms with E-state index in [4.69, 9.17) is 39.1 Å². The van der Waals surface area contributed by atoms with Crippen LogP contribution in [-0.4, -0.2) is 43.1 Å². The summed E-state index contributed by atoms with van der Waals surface area (Å²) in [5.74, 6) is -2.93. The number of carbonyl (C=O) groups is 2. The molecule has 132 valence electrons. The second-order valence-electron chi connectivity index (χ2n) is 4.44. The van der Waals surface area contributed by atoms with E-state index in [1.807, 2.05) is 4.72 Å². The van der Waals surface area contributed by atoms with Gasteiger partial charge in [0.15, 0.2) is 0 Å². The van der Waals surface area contributed by atoms with E-state index in [0.717, 1.165) is 12.1 Å². The Hall–Kier alpha value is -2.04. The van der Waals surface area contributed by atoms with Gasteiger partial charge in [-0.3, -0.25) is 9.79 Å². The highest BCUT2D eigenvalue weighted by Crippen LogP contribution is 2.28. The molecule has 12 heteroatoms. The van der Waals surface area contributed by atoms with Crippen molar-refractivity contribution in [2.24, 2.45) is 10.7 Å². The number of aromatic carboxylic acids is 1. The third-order valence-electron chi connectivity index (χ3n) is 2.61. The number of guanidine groups is 1. The van der Waals surface area contributed by atoms with Crippen LogP contribution in [0.15, 0.2) is 22.0 Å². The zero-order valence-corrected chi connectivity index (χ0v) is 14.3. The fraction of sp³-hybridized carbons (Fsp3) is 0.250. The van der Waals surface area contributed by atoms with E-state index >= 15 is 0 Å². The van der Waals surface area contributed by atoms with Gasteiger partial charge in [-0.1, -0.05) is 23.2 Å². The lowest BCUT2D eigenvalue weighted by atomic mass is 10.2. The van der Waals surface area contributed by atoms with Crippen LogP contribution in [0.2, 0.25) is 10.0 Å². The third kappa shape index (κ3) is 5.55. The minimum Gasteiger partial charge on any atom is -0.481 e. The fourth-order valence-electron chi connectivity index (χ4n) is 1.55. The number of carboxylic acids is 2. The molecule has 0 atom stereocenters. The smallest absolute Gasteiger partial charge is 0.337 e. The van der Waals surface area contributed by atoms with Gasteiger partial charge < -0.3 is 15.9 Å². The zero-order valence-electron chi connectivity index (χ0n) is 12.0. The molecule has 0 bridgehead atoms. The standard InChI is InChI=1S/C12H13Cl2N3O6S/c13-7-5-8(14)9(4-6(7)11(20)21)24(22,23)17-12(15)16-3-1-2-10(18)19/h4-5H,1-3H2,(H,18,19)(H,20,21)(H3,15,16,17). The summed E-state index contributed by atoms with van der Waals surface area (Å²) in [7, 11) is -4.29. The lowest BCUT2D eigenvalue weighted by Crippen LogP contribution is -2.37. The number of nitrogens with one attached hydrogen (secondary N) is 1. The lowest BCUT2D eigenvalue weighted by Gasteiger charge is -2.10. The molecule has 0 radical (unpaired) electrons. The Balaban J connectivity index is 3.00. The van der Waals surface area contributed by atoms with Gasteiger partial charge in [0.05, 0.1) is 15.6 Å². The Morgan fingerprint density at radius 3 is 2.38 bits per heavy atom. The van der Waals surface area contributed by atoms with Crippen molar-refractivity contribution in [3.05, 3.63) is 27.7 Å². The molecule has 0 aliphatic carbocycles. The van der Waals surface area contributed by atoms with Gasteiger partial charge in [0.25, 0.3) is 10.0 Å². The number of aliphatic carboxylic acids is 1. The maximum Gasteiger partial charge on any atom is 0.337 e. The second kappa shape index (κ2) is 8.18. The maximum absolute atomic E-state index is 12.2. The summed E-state index contributed by atoms with van der Waals surface area (Å²) in [5, 5.41) is 16.9. The number of carboxylic acid groups (broad SMARTS) is 2. The van der Waals surface area contributed by atoms with Gasteiger partial charge in [0.1, 0.15) is 4.90 Å². The number of nitrogens with zero attached hydrogens (tertiary/aromatic N) is 1. The number of hydrogen-bond donors (Lipinski definition) is 4. The molecule has 9 nitrogen and oxygen atoms in total. The van der Waals surface area contributed by atoms with Crippen molar-refractivity contribution in [2.75, 3.05) is 6.54 Å². The minimum atomic E-state index is -4.29. The molecule has 0 aliphatic rings. The van der Waals surface area contributed by atoms with Gasteiger partial charge in [-0.25, -0.2) is 17.9 Å². The van der Waals surface area contributed by atoms with Crippen LogP contribution in [0.3, 0.4) is 0 Å². The predicted octanol–water partition coefficient (Wildman–Crippen LogP) is 1.15. The van der Waals surface area contributed by atoms with Crippen LogP contribution in [0.5, 0.6) is 0 Å². The van der Waals surface area contributed by atoms with Gasteiger partial charge in [-0.15, -0.1) is 0 Å². The topological polar surface area (TPSA) is 159 Å². The second-order valence-corrected chi connectivity index (χ2v) is 6.90. The Bertz CT molecular complexity index is 794. The van der Waals surface area contributed by atoms with Gasteiger partial charge in [-0.05, 0) is 18.6 Å². The number of halogens is 2. The Labute approximate surface area is 147 Å². The van der Waals surface area contributed by atoms with Crippen LogP contribution in [0.25, 0.3) is 0 Å². The first-order valence-corrected chi connectivity index (χ1v) is 8.55. The Morgan fingerprint density at radius 1 is 1.21 bits per heavy atom. The molecule has 0 fully saturated rings. The first-order valence-electron chi connectivity index (χ1n) is 6.31. The Kier molecular flexibility index (Phi) is 6.81. The van der Waals surface area contributed by atoms with Crippen molar-refractivity contribution in [3.8, 4) is 0 Å². The van der Waals surface area contributed by atoms with E-state index in [0.29, 0.717) is 0 Å². The van der Waals surface area contributed by atoms with Gasteiger partial charge in [-0.2, -0.15) is 0 Å². The van der Waals surface area contributed by atoms with Crippen LogP contribution >= 0.6 is 23.2 Å². The average Bonchev–Trinajstić information content (AvgIpc) is 2.42. The molecule has 0 heterocycles. The molecule has 0 spiro atoms. The third-order valence-corrected chi connectivity index (χ3v) is 4.74. The summed E-state index contributed by atoms with van der Waals surface area (Å²) < 4.78 is 26.3. The quantitative estimate of drug-likeness (QED) is 0.304. The SMILES string of the molecule is NC(=NCCCC(=O)O)NS(=O)(=O)c1cc(C(=O)O)c(Cl)cc1Cl. The molecule has 0 saturated heterocycles. The van der Waals surface area contributed by atoms with Crippen LogP contribution in [-0.2, 0) is 14.8 Å². The largest absolute Gasteiger partial charge is 0.481 e. The highest BCUT2D eigenvalue weighted by Gasteiger charge is 2.23. The van der Waals surface area contributed by atoms with E-state index in [-0.39, 0.29) is 29.4 Å². The summed E-state index contributed by atoms with van der Waals surface area (Å²) in [6.07, 6.45) is 0.0249. The normalized spacial score (nSPS) is 12.0. The molecule has 24 heavy (non-hydrogen) atoms. The number of rotatable bonds is 7. The summed E-state index contributed by atoms with van der Waals surface area (Å²) in [6.45, 7) is -0.00458. The first-order chi connectivity index (χ1) is 11.0. The predicted molar refractivity (Wildman–Crippen MR) is 87.1 cm³/mol. The number of nitrogens with two attached hydrogens (primary N) is 1. The van der Waals surface area contributed by atoms with Crippen molar-refractivity contribution < 1.29 is 28.2 Å². The minimum absolute atomic E-state index is 0.00458. The van der Waals surface area contributed by atoms with Crippen molar-refractivity contribution in [2.45, 2.75) is 17.7 Å². The summed E-state index contributed by atoms with van der Waals surface area (Å²) in [5.41, 5.74) is 4.97. The molecule has 0 aliphatic heterocycles. The molecule has 0 aromatic heterocycles. The summed E-state index contributed by atoms with van der Waals surface area (Å²) >= 11 is 11.5. The highest BCUT2D eigenvalue weighted by molar-refractivity contribution is 7.90. The van der Waals surface area contributed by atoms with Gasteiger partial charge in [0.2, 0.25) is 5.96 Å². The summed E-state index contributed by atoms with van der Waals surface area (Å²) in [6, 6.07) is 1.79. The van der Waals surface area contributed by atoms with Gasteiger partial charge in [0, 0.05) is 13.0 Å². The molecule has 0 unspecified atom stereocenters. The maximum atomic E-state index is 12.2. The molecular formula is C12H13Cl2N3O6S. The highest BCUT2D eigenvalue weighted by atomic mass is 35.5. The number of benzene rings is 1. The molecule has 5 N–H and O–H groups in total. The molecule has 1 rings (SSSR count). The van der Waals surface area contributed by atoms with Crippen molar-refractivity contribution in [1.82, 2.24) is 4.72 Å². The first kappa shape index (κ1) is 20.0. The number of hydrogen-bond acceptors (Lipinski definition) is 5. The van der Waals surface area contributed by atoms with E-state index in [1.54, 1.807) is 0 Å². The monoisotopic (exact) mass is 397 g/mol.